The summed E-state index contributed by atoms with van der Waals surface area (Å²) in [5, 5.41) is 3.32. The number of hydrogen-bond donors (Lipinski definition) is 1. The van der Waals surface area contributed by atoms with Gasteiger partial charge in [-0.2, -0.15) is 0 Å². The van der Waals surface area contributed by atoms with E-state index < -0.39 is 0 Å². The van der Waals surface area contributed by atoms with E-state index in [9.17, 15) is 0 Å². The molecule has 1 fully saturated rings. The predicted molar refractivity (Wildman–Crippen MR) is 64.3 cm³/mol. The van der Waals surface area contributed by atoms with Gasteiger partial charge in [0.1, 0.15) is 5.76 Å². The Morgan fingerprint density at radius 2 is 2.12 bits per heavy atom. The second-order valence-corrected chi connectivity index (χ2v) is 5.03. The Bertz CT molecular complexity index is 313. The van der Waals surface area contributed by atoms with Crippen LogP contribution >= 0.6 is 0 Å². The van der Waals surface area contributed by atoms with Crippen molar-refractivity contribution in [1.82, 2.24) is 10.3 Å². The molecule has 1 aliphatic rings. The molecule has 16 heavy (non-hydrogen) atoms. The van der Waals surface area contributed by atoms with Gasteiger partial charge < -0.3 is 9.73 Å². The third kappa shape index (κ3) is 3.08. The lowest BCUT2D eigenvalue weighted by molar-refractivity contribution is 0.352. The quantitative estimate of drug-likeness (QED) is 0.850. The number of nitrogens with one attached hydrogen (secondary N) is 1. The summed E-state index contributed by atoms with van der Waals surface area (Å²) in [7, 11) is 0. The molecule has 1 N–H and O–H groups in total. The Hall–Kier alpha value is -0.830. The minimum Gasteiger partial charge on any atom is -0.444 e. The summed E-state index contributed by atoms with van der Waals surface area (Å²) in [6.07, 6.45) is 8.52. The normalized spacial score (nSPS) is 18.2. The summed E-state index contributed by atoms with van der Waals surface area (Å²) in [6, 6.07) is 0.477. The lowest BCUT2D eigenvalue weighted by Gasteiger charge is -2.18. The Balaban J connectivity index is 1.90. The van der Waals surface area contributed by atoms with E-state index in [1.807, 2.05) is 6.20 Å². The van der Waals surface area contributed by atoms with Crippen LogP contribution in [0.4, 0.5) is 0 Å². The van der Waals surface area contributed by atoms with E-state index in [0.717, 1.165) is 18.2 Å². The molecule has 1 heterocycles. The van der Waals surface area contributed by atoms with Gasteiger partial charge in [-0.05, 0) is 12.8 Å². The fourth-order valence-corrected chi connectivity index (χ4v) is 2.27. The minimum atomic E-state index is 0.477. The van der Waals surface area contributed by atoms with Crippen LogP contribution in [0.1, 0.15) is 63.5 Å². The molecule has 90 valence electrons. The lowest BCUT2D eigenvalue weighted by atomic mass is 9.88. The van der Waals surface area contributed by atoms with Gasteiger partial charge in [-0.15, -0.1) is 0 Å². The SMILES string of the molecule is CC(C)NCc1ncc(C2CCCCC2)o1. The molecule has 3 nitrogen and oxygen atoms in total. The number of aromatic nitrogens is 1. The molecule has 1 aliphatic carbocycles. The molecule has 0 atom stereocenters. The predicted octanol–water partition coefficient (Wildman–Crippen LogP) is 3.22. The van der Waals surface area contributed by atoms with Gasteiger partial charge in [-0.1, -0.05) is 33.1 Å². The highest BCUT2D eigenvalue weighted by Gasteiger charge is 2.19. The van der Waals surface area contributed by atoms with E-state index >= 15 is 0 Å². The van der Waals surface area contributed by atoms with Crippen LogP contribution in [0, 0.1) is 0 Å². The van der Waals surface area contributed by atoms with E-state index in [1.165, 1.54) is 32.1 Å². The van der Waals surface area contributed by atoms with Crippen molar-refractivity contribution >= 4 is 0 Å². The largest absolute Gasteiger partial charge is 0.444 e. The maximum Gasteiger partial charge on any atom is 0.208 e. The smallest absolute Gasteiger partial charge is 0.208 e. The maximum atomic E-state index is 5.80. The van der Waals surface area contributed by atoms with Gasteiger partial charge in [-0.25, -0.2) is 4.98 Å². The Kier molecular flexibility index (Phi) is 3.99. The molecule has 0 aliphatic heterocycles. The highest BCUT2D eigenvalue weighted by Crippen LogP contribution is 2.32. The summed E-state index contributed by atoms with van der Waals surface area (Å²) in [6.45, 7) is 5.00. The second-order valence-electron chi connectivity index (χ2n) is 5.03. The molecule has 3 heteroatoms. The maximum absolute atomic E-state index is 5.80. The van der Waals surface area contributed by atoms with Gasteiger partial charge in [0.25, 0.3) is 0 Å². The summed E-state index contributed by atoms with van der Waals surface area (Å²) in [5.74, 6) is 2.54. The summed E-state index contributed by atoms with van der Waals surface area (Å²) in [5.41, 5.74) is 0. The summed E-state index contributed by atoms with van der Waals surface area (Å²) in [4.78, 5) is 4.33. The van der Waals surface area contributed by atoms with Crippen LogP contribution in [0.3, 0.4) is 0 Å². The fourth-order valence-electron chi connectivity index (χ4n) is 2.27. The minimum absolute atomic E-state index is 0.477. The first-order chi connectivity index (χ1) is 7.75. The van der Waals surface area contributed by atoms with Crippen molar-refractivity contribution in [3.05, 3.63) is 17.8 Å². The molecule has 0 unspecified atom stereocenters. The Morgan fingerprint density at radius 1 is 1.38 bits per heavy atom. The van der Waals surface area contributed by atoms with Crippen LogP contribution in [-0.2, 0) is 6.54 Å². The third-order valence-corrected chi connectivity index (χ3v) is 3.24. The van der Waals surface area contributed by atoms with Crippen molar-refractivity contribution < 1.29 is 4.42 Å². The van der Waals surface area contributed by atoms with Crippen molar-refractivity contribution in [3.63, 3.8) is 0 Å². The van der Waals surface area contributed by atoms with Gasteiger partial charge in [-0.3, -0.25) is 0 Å². The van der Waals surface area contributed by atoms with E-state index in [0.29, 0.717) is 12.0 Å². The average Bonchev–Trinajstić information content (AvgIpc) is 2.76. The van der Waals surface area contributed by atoms with Crippen molar-refractivity contribution in [1.29, 1.82) is 0 Å². The van der Waals surface area contributed by atoms with Crippen molar-refractivity contribution in [2.24, 2.45) is 0 Å². The average molecular weight is 222 g/mol. The van der Waals surface area contributed by atoms with E-state index in [1.54, 1.807) is 0 Å². The molecule has 1 saturated carbocycles. The van der Waals surface area contributed by atoms with Crippen molar-refractivity contribution in [2.45, 2.75) is 64.5 Å². The standard InChI is InChI=1S/C13H22N2O/c1-10(2)14-9-13-15-8-12(16-13)11-6-4-3-5-7-11/h8,10-11,14H,3-7,9H2,1-2H3. The zero-order valence-corrected chi connectivity index (χ0v) is 10.3. The number of rotatable bonds is 4. The fraction of sp³-hybridized carbons (Fsp3) is 0.769. The van der Waals surface area contributed by atoms with Gasteiger partial charge in [0.05, 0.1) is 12.7 Å². The van der Waals surface area contributed by atoms with Gasteiger partial charge in [0.15, 0.2) is 0 Å². The van der Waals surface area contributed by atoms with E-state index in [-0.39, 0.29) is 0 Å². The topological polar surface area (TPSA) is 38.1 Å². The Morgan fingerprint density at radius 3 is 2.81 bits per heavy atom. The van der Waals surface area contributed by atoms with Crippen molar-refractivity contribution in [2.75, 3.05) is 0 Å². The monoisotopic (exact) mass is 222 g/mol. The molecule has 0 aromatic carbocycles. The molecular weight excluding hydrogens is 200 g/mol. The van der Waals surface area contributed by atoms with Crippen molar-refractivity contribution in [3.8, 4) is 0 Å². The highest BCUT2D eigenvalue weighted by molar-refractivity contribution is 5.02. The van der Waals surface area contributed by atoms with Crippen LogP contribution in [-0.4, -0.2) is 11.0 Å². The molecule has 0 bridgehead atoms. The number of oxazole rings is 1. The molecule has 2 rings (SSSR count). The molecule has 0 radical (unpaired) electrons. The zero-order valence-electron chi connectivity index (χ0n) is 10.3. The van der Waals surface area contributed by atoms with E-state index in [2.05, 4.69) is 24.1 Å². The molecule has 1 aromatic heterocycles. The van der Waals surface area contributed by atoms with Gasteiger partial charge >= 0.3 is 0 Å². The summed E-state index contributed by atoms with van der Waals surface area (Å²) < 4.78 is 5.80. The van der Waals surface area contributed by atoms with Crippen LogP contribution < -0.4 is 5.32 Å². The molecule has 0 saturated heterocycles. The van der Waals surface area contributed by atoms with Crippen LogP contribution in [0.5, 0.6) is 0 Å². The number of nitrogens with zero attached hydrogens (tertiary/aromatic N) is 1. The molecule has 0 amide bonds. The lowest BCUT2D eigenvalue weighted by Crippen LogP contribution is -2.21. The van der Waals surface area contributed by atoms with E-state index in [4.69, 9.17) is 4.42 Å². The zero-order chi connectivity index (χ0) is 11.4. The summed E-state index contributed by atoms with van der Waals surface area (Å²) >= 11 is 0. The Labute approximate surface area is 97.6 Å². The molecule has 1 aromatic rings. The third-order valence-electron chi connectivity index (χ3n) is 3.24. The van der Waals surface area contributed by atoms with Crippen LogP contribution in [0.25, 0.3) is 0 Å². The van der Waals surface area contributed by atoms with Gasteiger partial charge in [0.2, 0.25) is 5.89 Å². The van der Waals surface area contributed by atoms with Gasteiger partial charge in [0, 0.05) is 12.0 Å². The van der Waals surface area contributed by atoms with Crippen LogP contribution in [0.2, 0.25) is 0 Å². The first-order valence-corrected chi connectivity index (χ1v) is 6.43. The second kappa shape index (κ2) is 5.48. The molecule has 0 spiro atoms. The first kappa shape index (κ1) is 11.6. The number of hydrogen-bond acceptors (Lipinski definition) is 3. The van der Waals surface area contributed by atoms with Crippen LogP contribution in [0.15, 0.2) is 10.6 Å². The first-order valence-electron chi connectivity index (χ1n) is 6.43. The molecular formula is C13H22N2O. The highest BCUT2D eigenvalue weighted by atomic mass is 16.4.